The van der Waals surface area contributed by atoms with Gasteiger partial charge in [0, 0.05) is 25.6 Å². The summed E-state index contributed by atoms with van der Waals surface area (Å²) in [5.41, 5.74) is -0.306. The summed E-state index contributed by atoms with van der Waals surface area (Å²) in [7, 11) is 1.55. The van der Waals surface area contributed by atoms with Gasteiger partial charge in [0.05, 0.1) is 12.3 Å². The van der Waals surface area contributed by atoms with Crippen LogP contribution in [0.25, 0.3) is 0 Å². The molecule has 6 heteroatoms. The third-order valence-electron chi connectivity index (χ3n) is 3.12. The fraction of sp³-hybridized carbons (Fsp3) is 0.429. The number of carbonyl (C=O) groups is 1. The number of carbonyl (C=O) groups excluding carboxylic acids is 1. The molecule has 1 aliphatic rings. The molecule has 0 saturated carbocycles. The molecule has 0 spiro atoms. The number of rotatable bonds is 5. The topological polar surface area (TPSA) is 59.9 Å². The van der Waals surface area contributed by atoms with Gasteiger partial charge in [0.1, 0.15) is 5.82 Å². The minimum atomic E-state index is -1.11. The van der Waals surface area contributed by atoms with Crippen LogP contribution in [0.5, 0.6) is 0 Å². The van der Waals surface area contributed by atoms with E-state index in [2.05, 4.69) is 10.5 Å². The van der Waals surface area contributed by atoms with E-state index < -0.39 is 5.60 Å². The van der Waals surface area contributed by atoms with Crippen molar-refractivity contribution in [2.45, 2.75) is 18.9 Å². The van der Waals surface area contributed by atoms with Crippen LogP contribution >= 0.6 is 0 Å². The molecule has 1 heterocycles. The third-order valence-corrected chi connectivity index (χ3v) is 3.12. The maximum absolute atomic E-state index is 13.7. The van der Waals surface area contributed by atoms with Crippen molar-refractivity contribution >= 4 is 11.6 Å². The number of methoxy groups -OCH3 is 1. The molecule has 0 fully saturated rings. The summed E-state index contributed by atoms with van der Waals surface area (Å²) in [6.45, 7) is 2.44. The van der Waals surface area contributed by atoms with Gasteiger partial charge in [-0.15, -0.1) is 0 Å². The van der Waals surface area contributed by atoms with Crippen LogP contribution in [0.4, 0.5) is 4.39 Å². The highest BCUT2D eigenvalue weighted by atomic mass is 19.1. The van der Waals surface area contributed by atoms with Gasteiger partial charge in [-0.1, -0.05) is 23.4 Å². The van der Waals surface area contributed by atoms with E-state index >= 15 is 0 Å². The minimum Gasteiger partial charge on any atom is -0.383 e. The predicted octanol–water partition coefficient (Wildman–Crippen LogP) is 1.47. The highest BCUT2D eigenvalue weighted by molar-refractivity contribution is 6.05. The van der Waals surface area contributed by atoms with Crippen molar-refractivity contribution in [3.05, 3.63) is 35.6 Å². The molecule has 1 N–H and O–H groups in total. The second kappa shape index (κ2) is 6.00. The summed E-state index contributed by atoms with van der Waals surface area (Å²) < 4.78 is 18.5. The van der Waals surface area contributed by atoms with Crippen LogP contribution in [0.2, 0.25) is 0 Å². The second-order valence-electron chi connectivity index (χ2n) is 4.77. The van der Waals surface area contributed by atoms with Crippen LogP contribution in [0.3, 0.4) is 0 Å². The Bertz CT molecular complexity index is 533. The average molecular weight is 280 g/mol. The lowest BCUT2D eigenvalue weighted by Gasteiger charge is -2.20. The normalized spacial score (nSPS) is 21.2. The molecule has 1 amide bonds. The van der Waals surface area contributed by atoms with E-state index in [4.69, 9.17) is 9.57 Å². The third kappa shape index (κ3) is 2.96. The lowest BCUT2D eigenvalue weighted by atomic mass is 9.95. The quantitative estimate of drug-likeness (QED) is 0.831. The van der Waals surface area contributed by atoms with Gasteiger partial charge in [0.2, 0.25) is 5.60 Å². The van der Waals surface area contributed by atoms with E-state index in [9.17, 15) is 9.18 Å². The molecule has 20 heavy (non-hydrogen) atoms. The lowest BCUT2D eigenvalue weighted by molar-refractivity contribution is -0.141. The van der Waals surface area contributed by atoms with Crippen molar-refractivity contribution in [1.82, 2.24) is 5.32 Å². The zero-order chi connectivity index (χ0) is 14.6. The van der Waals surface area contributed by atoms with Gasteiger partial charge in [-0.05, 0) is 13.0 Å². The van der Waals surface area contributed by atoms with Crippen molar-refractivity contribution in [2.75, 3.05) is 20.3 Å². The Kier molecular flexibility index (Phi) is 4.34. The largest absolute Gasteiger partial charge is 0.383 e. The fourth-order valence-electron chi connectivity index (χ4n) is 1.95. The first-order valence-corrected chi connectivity index (χ1v) is 6.34. The zero-order valence-electron chi connectivity index (χ0n) is 11.5. The molecule has 0 aliphatic carbocycles. The summed E-state index contributed by atoms with van der Waals surface area (Å²) in [6.07, 6.45) is 0.229. The summed E-state index contributed by atoms with van der Waals surface area (Å²) in [5.74, 6) is -0.663. The summed E-state index contributed by atoms with van der Waals surface area (Å²) in [6, 6.07) is 6.29. The Hall–Kier alpha value is -1.95. The van der Waals surface area contributed by atoms with E-state index in [1.165, 1.54) is 6.07 Å². The number of oxime groups is 1. The molecule has 0 unspecified atom stereocenters. The van der Waals surface area contributed by atoms with Crippen LogP contribution in [-0.4, -0.2) is 37.5 Å². The molecular formula is C14H17FN2O3. The molecule has 0 aromatic heterocycles. The molecule has 1 aromatic rings. The standard InChI is InChI=1S/C14H17FN2O3/c1-14(13(18)16-7-8-19-2)9-12(17-20-14)10-5-3-4-6-11(10)15/h3-6H,7-9H2,1-2H3,(H,16,18)/t14-/m1/s1. The Morgan fingerprint density at radius 2 is 2.30 bits per heavy atom. The van der Waals surface area contributed by atoms with E-state index in [1.807, 2.05) is 0 Å². The van der Waals surface area contributed by atoms with Crippen LogP contribution in [0.15, 0.2) is 29.4 Å². The molecule has 1 atom stereocenters. The molecule has 0 radical (unpaired) electrons. The van der Waals surface area contributed by atoms with Crippen molar-refractivity contribution in [3.63, 3.8) is 0 Å². The maximum Gasteiger partial charge on any atom is 0.267 e. The van der Waals surface area contributed by atoms with Crippen LogP contribution in [-0.2, 0) is 14.4 Å². The van der Waals surface area contributed by atoms with Gasteiger partial charge in [-0.3, -0.25) is 4.79 Å². The van der Waals surface area contributed by atoms with Crippen molar-refractivity contribution in [3.8, 4) is 0 Å². The highest BCUT2D eigenvalue weighted by Crippen LogP contribution is 2.27. The van der Waals surface area contributed by atoms with Crippen molar-refractivity contribution in [1.29, 1.82) is 0 Å². The SMILES string of the molecule is COCCNC(=O)[C@@]1(C)CC(c2ccccc2F)=NO1. The molecule has 108 valence electrons. The highest BCUT2D eigenvalue weighted by Gasteiger charge is 2.42. The van der Waals surface area contributed by atoms with Crippen LogP contribution < -0.4 is 5.32 Å². The number of halogens is 1. The average Bonchev–Trinajstić information content (AvgIpc) is 2.83. The molecule has 0 bridgehead atoms. The number of nitrogens with zero attached hydrogens (tertiary/aromatic N) is 1. The number of benzene rings is 1. The van der Waals surface area contributed by atoms with Gasteiger partial charge >= 0.3 is 0 Å². The molecule has 5 nitrogen and oxygen atoms in total. The zero-order valence-corrected chi connectivity index (χ0v) is 11.5. The lowest BCUT2D eigenvalue weighted by Crippen LogP contribution is -2.45. The molecule has 1 aliphatic heterocycles. The van der Waals surface area contributed by atoms with Gasteiger partial charge in [0.25, 0.3) is 5.91 Å². The Balaban J connectivity index is 2.03. The Morgan fingerprint density at radius 1 is 1.55 bits per heavy atom. The van der Waals surface area contributed by atoms with Crippen molar-refractivity contribution in [2.24, 2.45) is 5.16 Å². The fourth-order valence-corrected chi connectivity index (χ4v) is 1.95. The Labute approximate surface area is 116 Å². The number of hydrogen-bond donors (Lipinski definition) is 1. The first-order chi connectivity index (χ1) is 9.57. The molecular weight excluding hydrogens is 263 g/mol. The van der Waals surface area contributed by atoms with Gasteiger partial charge in [-0.2, -0.15) is 0 Å². The number of nitrogens with one attached hydrogen (secondary N) is 1. The van der Waals surface area contributed by atoms with Crippen LogP contribution in [0, 0.1) is 5.82 Å². The number of hydrogen-bond acceptors (Lipinski definition) is 4. The van der Waals surface area contributed by atoms with Gasteiger partial charge < -0.3 is 14.9 Å². The summed E-state index contributed by atoms with van der Waals surface area (Å²) in [5, 5.41) is 6.55. The monoisotopic (exact) mass is 280 g/mol. The number of amides is 1. The maximum atomic E-state index is 13.7. The van der Waals surface area contributed by atoms with Gasteiger partial charge in [-0.25, -0.2) is 4.39 Å². The second-order valence-corrected chi connectivity index (χ2v) is 4.77. The van der Waals surface area contributed by atoms with E-state index in [0.717, 1.165) is 0 Å². The molecule has 1 aromatic carbocycles. The Morgan fingerprint density at radius 3 is 3.00 bits per heavy atom. The van der Waals surface area contributed by atoms with Gasteiger partial charge in [0.15, 0.2) is 0 Å². The number of ether oxygens (including phenoxy) is 1. The first kappa shape index (κ1) is 14.5. The summed E-state index contributed by atoms with van der Waals surface area (Å²) >= 11 is 0. The molecule has 2 rings (SSSR count). The predicted molar refractivity (Wildman–Crippen MR) is 71.9 cm³/mol. The van der Waals surface area contributed by atoms with E-state index in [-0.39, 0.29) is 18.1 Å². The summed E-state index contributed by atoms with van der Waals surface area (Å²) in [4.78, 5) is 17.3. The smallest absolute Gasteiger partial charge is 0.267 e. The van der Waals surface area contributed by atoms with Crippen molar-refractivity contribution < 1.29 is 18.8 Å². The minimum absolute atomic E-state index is 0.229. The molecule has 0 saturated heterocycles. The first-order valence-electron chi connectivity index (χ1n) is 6.34. The van der Waals surface area contributed by atoms with E-state index in [0.29, 0.717) is 24.4 Å². The van der Waals surface area contributed by atoms with Crippen LogP contribution in [0.1, 0.15) is 18.9 Å². The van der Waals surface area contributed by atoms with E-state index in [1.54, 1.807) is 32.2 Å².